The van der Waals surface area contributed by atoms with Crippen molar-refractivity contribution in [3.63, 3.8) is 0 Å². The molecule has 0 spiro atoms. The molecular formula is C15H25N3O2. The van der Waals surface area contributed by atoms with Crippen LogP contribution in [0.1, 0.15) is 48.5 Å². The lowest BCUT2D eigenvalue weighted by molar-refractivity contribution is 0.0655. The SMILES string of the molecule is Cc1noc(C)c1C(=O)N(CC1CCNCC1)C(C)C. The first kappa shape index (κ1) is 15.0. The molecule has 1 amide bonds. The molecule has 20 heavy (non-hydrogen) atoms. The molecule has 0 saturated carbocycles. The van der Waals surface area contributed by atoms with Gasteiger partial charge in [-0.05, 0) is 59.5 Å². The van der Waals surface area contributed by atoms with Crippen LogP contribution in [-0.2, 0) is 0 Å². The van der Waals surface area contributed by atoms with E-state index in [0.29, 0.717) is 22.9 Å². The molecule has 2 heterocycles. The minimum Gasteiger partial charge on any atom is -0.361 e. The Morgan fingerprint density at radius 2 is 2.05 bits per heavy atom. The first-order valence-corrected chi connectivity index (χ1v) is 7.45. The third-order valence-electron chi connectivity index (χ3n) is 4.05. The van der Waals surface area contributed by atoms with Crippen LogP contribution in [-0.4, -0.2) is 41.6 Å². The van der Waals surface area contributed by atoms with Crippen LogP contribution in [0.4, 0.5) is 0 Å². The van der Waals surface area contributed by atoms with Crippen LogP contribution in [0.2, 0.25) is 0 Å². The fourth-order valence-corrected chi connectivity index (χ4v) is 2.80. The predicted octanol–water partition coefficient (Wildman–Crippen LogP) is 2.14. The Labute approximate surface area is 120 Å². The highest BCUT2D eigenvalue weighted by Crippen LogP contribution is 2.20. The molecule has 5 heteroatoms. The van der Waals surface area contributed by atoms with Crippen molar-refractivity contribution in [2.45, 2.75) is 46.6 Å². The Bertz CT molecular complexity index is 442. The minimum atomic E-state index is 0.0507. The van der Waals surface area contributed by atoms with Gasteiger partial charge >= 0.3 is 0 Å². The summed E-state index contributed by atoms with van der Waals surface area (Å²) >= 11 is 0. The van der Waals surface area contributed by atoms with Crippen molar-refractivity contribution in [2.24, 2.45) is 5.92 Å². The van der Waals surface area contributed by atoms with E-state index >= 15 is 0 Å². The lowest BCUT2D eigenvalue weighted by atomic mass is 9.96. The summed E-state index contributed by atoms with van der Waals surface area (Å²) in [5.41, 5.74) is 1.32. The number of carbonyl (C=O) groups excluding carboxylic acids is 1. The van der Waals surface area contributed by atoms with Gasteiger partial charge < -0.3 is 14.7 Å². The number of carbonyl (C=O) groups is 1. The van der Waals surface area contributed by atoms with E-state index in [2.05, 4.69) is 24.3 Å². The molecule has 5 nitrogen and oxygen atoms in total. The molecule has 0 aliphatic carbocycles. The van der Waals surface area contributed by atoms with Crippen molar-refractivity contribution >= 4 is 5.91 Å². The molecule has 1 aromatic heterocycles. The summed E-state index contributed by atoms with van der Waals surface area (Å²) in [5, 5.41) is 7.26. The van der Waals surface area contributed by atoms with Crippen molar-refractivity contribution in [1.29, 1.82) is 0 Å². The summed E-state index contributed by atoms with van der Waals surface area (Å²) in [6, 6.07) is 0.186. The Morgan fingerprint density at radius 3 is 2.55 bits per heavy atom. The van der Waals surface area contributed by atoms with Crippen LogP contribution in [0.25, 0.3) is 0 Å². The highest BCUT2D eigenvalue weighted by Gasteiger charge is 2.27. The van der Waals surface area contributed by atoms with Gasteiger partial charge in [0.05, 0.1) is 5.69 Å². The van der Waals surface area contributed by atoms with E-state index in [1.54, 1.807) is 6.92 Å². The zero-order valence-electron chi connectivity index (χ0n) is 12.9. The molecule has 0 bridgehead atoms. The number of rotatable bonds is 4. The number of aromatic nitrogens is 1. The van der Waals surface area contributed by atoms with Crippen molar-refractivity contribution in [1.82, 2.24) is 15.4 Å². The molecule has 0 radical (unpaired) electrons. The van der Waals surface area contributed by atoms with Crippen molar-refractivity contribution in [3.05, 3.63) is 17.0 Å². The number of piperidine rings is 1. The molecule has 112 valence electrons. The summed E-state index contributed by atoms with van der Waals surface area (Å²) < 4.78 is 5.13. The zero-order valence-corrected chi connectivity index (χ0v) is 12.9. The van der Waals surface area contributed by atoms with E-state index in [1.165, 1.54) is 0 Å². The average Bonchev–Trinajstić information content (AvgIpc) is 2.76. The third-order valence-corrected chi connectivity index (χ3v) is 4.05. The first-order chi connectivity index (χ1) is 9.50. The normalized spacial score (nSPS) is 16.6. The summed E-state index contributed by atoms with van der Waals surface area (Å²) in [4.78, 5) is 14.7. The van der Waals surface area contributed by atoms with Gasteiger partial charge in [-0.3, -0.25) is 4.79 Å². The maximum Gasteiger partial charge on any atom is 0.259 e. The molecule has 0 unspecified atom stereocenters. The first-order valence-electron chi connectivity index (χ1n) is 7.45. The predicted molar refractivity (Wildman–Crippen MR) is 77.7 cm³/mol. The molecule has 1 aromatic rings. The average molecular weight is 279 g/mol. The van der Waals surface area contributed by atoms with Crippen LogP contribution in [0.15, 0.2) is 4.52 Å². The highest BCUT2D eigenvalue weighted by molar-refractivity contribution is 5.96. The van der Waals surface area contributed by atoms with Crippen LogP contribution in [0.5, 0.6) is 0 Å². The molecule has 1 N–H and O–H groups in total. The van der Waals surface area contributed by atoms with Crippen molar-refractivity contribution in [3.8, 4) is 0 Å². The van der Waals surface area contributed by atoms with Gasteiger partial charge in [-0.2, -0.15) is 0 Å². The molecule has 1 aliphatic rings. The number of hydrogen-bond acceptors (Lipinski definition) is 4. The third kappa shape index (κ3) is 3.20. The van der Waals surface area contributed by atoms with E-state index in [9.17, 15) is 4.79 Å². The highest BCUT2D eigenvalue weighted by atomic mass is 16.5. The molecule has 2 rings (SSSR count). The van der Waals surface area contributed by atoms with Crippen LogP contribution >= 0.6 is 0 Å². The van der Waals surface area contributed by atoms with Crippen molar-refractivity contribution in [2.75, 3.05) is 19.6 Å². The van der Waals surface area contributed by atoms with E-state index < -0.39 is 0 Å². The smallest absolute Gasteiger partial charge is 0.259 e. The quantitative estimate of drug-likeness (QED) is 0.917. The summed E-state index contributed by atoms with van der Waals surface area (Å²) in [6.45, 7) is 10.7. The number of amides is 1. The maximum absolute atomic E-state index is 12.8. The van der Waals surface area contributed by atoms with E-state index in [1.807, 2.05) is 11.8 Å². The second kappa shape index (κ2) is 6.39. The molecule has 1 fully saturated rings. The summed E-state index contributed by atoms with van der Waals surface area (Å²) in [6.07, 6.45) is 2.27. The largest absolute Gasteiger partial charge is 0.361 e. The summed E-state index contributed by atoms with van der Waals surface area (Å²) in [5.74, 6) is 1.25. The Kier molecular flexibility index (Phi) is 4.81. The van der Waals surface area contributed by atoms with Gasteiger partial charge in [-0.1, -0.05) is 5.16 Å². The van der Waals surface area contributed by atoms with Gasteiger partial charge in [-0.25, -0.2) is 0 Å². The Morgan fingerprint density at radius 1 is 1.40 bits per heavy atom. The van der Waals surface area contributed by atoms with Gasteiger partial charge in [0.1, 0.15) is 11.3 Å². The zero-order chi connectivity index (χ0) is 14.7. The van der Waals surface area contributed by atoms with Gasteiger partial charge in [0.15, 0.2) is 0 Å². The summed E-state index contributed by atoms with van der Waals surface area (Å²) in [7, 11) is 0. The van der Waals surface area contributed by atoms with Crippen LogP contribution in [0.3, 0.4) is 0 Å². The molecular weight excluding hydrogens is 254 g/mol. The molecule has 0 atom stereocenters. The number of aryl methyl sites for hydroxylation is 2. The van der Waals surface area contributed by atoms with Gasteiger partial charge in [0.2, 0.25) is 0 Å². The number of nitrogens with one attached hydrogen (secondary N) is 1. The van der Waals surface area contributed by atoms with Gasteiger partial charge in [-0.15, -0.1) is 0 Å². The topological polar surface area (TPSA) is 58.4 Å². The maximum atomic E-state index is 12.8. The fourth-order valence-electron chi connectivity index (χ4n) is 2.80. The van der Waals surface area contributed by atoms with Crippen molar-refractivity contribution < 1.29 is 9.32 Å². The standard InChI is InChI=1S/C15H25N3O2/c1-10(2)18(9-13-5-7-16-8-6-13)15(19)14-11(3)17-20-12(14)4/h10,13,16H,5-9H2,1-4H3. The second-order valence-electron chi connectivity index (χ2n) is 5.94. The van der Waals surface area contributed by atoms with Crippen LogP contribution < -0.4 is 5.32 Å². The second-order valence-corrected chi connectivity index (χ2v) is 5.94. The number of nitrogens with zero attached hydrogens (tertiary/aromatic N) is 2. The Hall–Kier alpha value is -1.36. The minimum absolute atomic E-state index is 0.0507. The van der Waals surface area contributed by atoms with E-state index in [4.69, 9.17) is 4.52 Å². The van der Waals surface area contributed by atoms with Crippen LogP contribution in [0, 0.1) is 19.8 Å². The number of hydrogen-bond donors (Lipinski definition) is 1. The molecule has 1 saturated heterocycles. The van der Waals surface area contributed by atoms with Gasteiger partial charge in [0, 0.05) is 12.6 Å². The molecule has 1 aliphatic heterocycles. The van der Waals surface area contributed by atoms with Gasteiger partial charge in [0.25, 0.3) is 5.91 Å². The van der Waals surface area contributed by atoms with E-state index in [0.717, 1.165) is 32.5 Å². The molecule has 0 aromatic carbocycles. The fraction of sp³-hybridized carbons (Fsp3) is 0.733. The lowest BCUT2D eigenvalue weighted by Gasteiger charge is -2.32. The lowest BCUT2D eigenvalue weighted by Crippen LogP contribution is -2.43. The monoisotopic (exact) mass is 279 g/mol. The van der Waals surface area contributed by atoms with E-state index in [-0.39, 0.29) is 11.9 Å². The Balaban J connectivity index is 2.13.